The summed E-state index contributed by atoms with van der Waals surface area (Å²) in [5.74, 6) is -0.273. The third-order valence-electron chi connectivity index (χ3n) is 3.22. The van der Waals surface area contributed by atoms with Crippen LogP contribution in [0.2, 0.25) is 0 Å². The average Bonchev–Trinajstić information content (AvgIpc) is 2.41. The highest BCUT2D eigenvalue weighted by atomic mass is 19.1. The van der Waals surface area contributed by atoms with Gasteiger partial charge in [0.05, 0.1) is 4.92 Å². The smallest absolute Gasteiger partial charge is 0.272 e. The van der Waals surface area contributed by atoms with Crippen LogP contribution in [0.1, 0.15) is 16.7 Å². The van der Waals surface area contributed by atoms with Crippen LogP contribution in [0.25, 0.3) is 0 Å². The molecule has 0 aliphatic carbocycles. The van der Waals surface area contributed by atoms with Crippen LogP contribution in [0, 0.1) is 29.8 Å². The highest BCUT2D eigenvalue weighted by molar-refractivity contribution is 5.52. The number of aryl methyl sites for hydroxylation is 1. The molecule has 0 fully saturated rings. The molecule has 0 atom stereocenters. The zero-order chi connectivity index (χ0) is 14.7. The maximum absolute atomic E-state index is 13.4. The van der Waals surface area contributed by atoms with Gasteiger partial charge in [0.2, 0.25) is 0 Å². The molecule has 0 unspecified atom stereocenters. The summed E-state index contributed by atoms with van der Waals surface area (Å²) in [7, 11) is 0. The van der Waals surface area contributed by atoms with Gasteiger partial charge in [0.25, 0.3) is 5.69 Å². The van der Waals surface area contributed by atoms with E-state index in [0.29, 0.717) is 23.4 Å². The third kappa shape index (κ3) is 2.93. The molecule has 0 aliphatic heterocycles. The largest absolute Gasteiger partial charge is 0.381 e. The monoisotopic (exact) mass is 274 g/mol. The molecular weight excluding hydrogens is 259 g/mol. The van der Waals surface area contributed by atoms with Crippen LogP contribution >= 0.6 is 0 Å². The Balaban J connectivity index is 2.17. The molecule has 1 N–H and O–H groups in total. The van der Waals surface area contributed by atoms with Gasteiger partial charge >= 0.3 is 0 Å². The molecule has 20 heavy (non-hydrogen) atoms. The van der Waals surface area contributed by atoms with Crippen LogP contribution in [0.3, 0.4) is 0 Å². The van der Waals surface area contributed by atoms with Crippen molar-refractivity contribution < 1.29 is 9.31 Å². The minimum Gasteiger partial charge on any atom is -0.381 e. The molecule has 0 aromatic heterocycles. The van der Waals surface area contributed by atoms with E-state index in [4.69, 9.17) is 0 Å². The van der Waals surface area contributed by atoms with Gasteiger partial charge in [0, 0.05) is 29.4 Å². The fourth-order valence-corrected chi connectivity index (χ4v) is 1.96. The van der Waals surface area contributed by atoms with Gasteiger partial charge in [0.15, 0.2) is 0 Å². The Morgan fingerprint density at radius 3 is 2.70 bits per heavy atom. The molecule has 0 saturated carbocycles. The van der Waals surface area contributed by atoms with Crippen LogP contribution in [0.5, 0.6) is 0 Å². The van der Waals surface area contributed by atoms with Crippen molar-refractivity contribution in [2.24, 2.45) is 0 Å². The SMILES string of the molecule is Cc1ccc(CNc2cccc(F)c2C)cc1[N+](=O)[O-]. The van der Waals surface area contributed by atoms with Crippen LogP contribution < -0.4 is 5.32 Å². The van der Waals surface area contributed by atoms with Gasteiger partial charge in [-0.15, -0.1) is 0 Å². The Morgan fingerprint density at radius 2 is 2.00 bits per heavy atom. The molecule has 0 aliphatic rings. The second-order valence-corrected chi connectivity index (χ2v) is 4.64. The first-order valence-electron chi connectivity index (χ1n) is 6.22. The second-order valence-electron chi connectivity index (χ2n) is 4.64. The lowest BCUT2D eigenvalue weighted by molar-refractivity contribution is -0.385. The summed E-state index contributed by atoms with van der Waals surface area (Å²) in [5, 5.41) is 14.0. The Bertz CT molecular complexity index is 656. The van der Waals surface area contributed by atoms with E-state index >= 15 is 0 Å². The van der Waals surface area contributed by atoms with Crippen molar-refractivity contribution in [1.29, 1.82) is 0 Å². The van der Waals surface area contributed by atoms with E-state index < -0.39 is 4.92 Å². The van der Waals surface area contributed by atoms with E-state index in [1.165, 1.54) is 12.1 Å². The fraction of sp³-hybridized carbons (Fsp3) is 0.200. The van der Waals surface area contributed by atoms with Gasteiger partial charge in [-0.2, -0.15) is 0 Å². The summed E-state index contributed by atoms with van der Waals surface area (Å²) >= 11 is 0. The molecule has 0 heterocycles. The number of benzene rings is 2. The molecule has 2 rings (SSSR count). The quantitative estimate of drug-likeness (QED) is 0.678. The summed E-state index contributed by atoms with van der Waals surface area (Å²) in [5.41, 5.74) is 2.73. The Labute approximate surface area is 116 Å². The van der Waals surface area contributed by atoms with E-state index in [-0.39, 0.29) is 11.5 Å². The lowest BCUT2D eigenvalue weighted by Gasteiger charge is -2.10. The fourth-order valence-electron chi connectivity index (χ4n) is 1.96. The van der Waals surface area contributed by atoms with Gasteiger partial charge in [0.1, 0.15) is 5.82 Å². The first-order chi connectivity index (χ1) is 9.49. The Hall–Kier alpha value is -2.43. The first kappa shape index (κ1) is 14.0. The molecule has 4 nitrogen and oxygen atoms in total. The number of nitrogens with one attached hydrogen (secondary N) is 1. The molecule has 104 valence electrons. The lowest BCUT2D eigenvalue weighted by Crippen LogP contribution is -2.03. The minimum atomic E-state index is -0.397. The molecule has 0 amide bonds. The second kappa shape index (κ2) is 5.69. The molecule has 0 radical (unpaired) electrons. The predicted octanol–water partition coefficient (Wildman–Crippen LogP) is 3.96. The number of hydrogen-bond donors (Lipinski definition) is 1. The number of halogens is 1. The van der Waals surface area contributed by atoms with Crippen molar-refractivity contribution in [1.82, 2.24) is 0 Å². The van der Waals surface area contributed by atoms with Crippen molar-refractivity contribution in [3.8, 4) is 0 Å². The van der Waals surface area contributed by atoms with Crippen LogP contribution in [-0.2, 0) is 6.54 Å². The summed E-state index contributed by atoms with van der Waals surface area (Å²) in [4.78, 5) is 10.5. The summed E-state index contributed by atoms with van der Waals surface area (Å²) in [6.07, 6.45) is 0. The summed E-state index contributed by atoms with van der Waals surface area (Å²) < 4.78 is 13.4. The number of hydrogen-bond acceptors (Lipinski definition) is 3. The first-order valence-corrected chi connectivity index (χ1v) is 6.22. The number of nitro benzene ring substituents is 1. The van der Waals surface area contributed by atoms with Crippen LogP contribution in [0.15, 0.2) is 36.4 Å². The molecule has 0 bridgehead atoms. The standard InChI is InChI=1S/C15H15FN2O2/c1-10-6-7-12(8-15(10)18(19)20)9-17-14-5-3-4-13(16)11(14)2/h3-8,17H,9H2,1-2H3. The van der Waals surface area contributed by atoms with Gasteiger partial charge in [-0.1, -0.05) is 18.2 Å². The molecule has 2 aromatic rings. The molecule has 0 saturated heterocycles. The van der Waals surface area contributed by atoms with Crippen molar-refractivity contribution in [2.75, 3.05) is 5.32 Å². The minimum absolute atomic E-state index is 0.0975. The van der Waals surface area contributed by atoms with Gasteiger partial charge in [-0.05, 0) is 31.5 Å². The zero-order valence-corrected chi connectivity index (χ0v) is 11.3. The molecular formula is C15H15FN2O2. The topological polar surface area (TPSA) is 55.2 Å². The number of nitro groups is 1. The summed E-state index contributed by atoms with van der Waals surface area (Å²) in [6, 6.07) is 9.88. The normalized spacial score (nSPS) is 10.3. The van der Waals surface area contributed by atoms with E-state index in [1.54, 1.807) is 32.0 Å². The maximum atomic E-state index is 13.4. The highest BCUT2D eigenvalue weighted by Crippen LogP contribution is 2.21. The van der Waals surface area contributed by atoms with Gasteiger partial charge < -0.3 is 5.32 Å². The lowest BCUT2D eigenvalue weighted by atomic mass is 10.1. The zero-order valence-electron chi connectivity index (χ0n) is 11.3. The average molecular weight is 274 g/mol. The molecule has 2 aromatic carbocycles. The number of nitrogens with zero attached hydrogens (tertiary/aromatic N) is 1. The maximum Gasteiger partial charge on any atom is 0.272 e. The van der Waals surface area contributed by atoms with E-state index in [2.05, 4.69) is 5.32 Å². The van der Waals surface area contributed by atoms with E-state index in [1.807, 2.05) is 6.07 Å². The Kier molecular flexibility index (Phi) is 3.98. The number of anilines is 1. The van der Waals surface area contributed by atoms with Crippen molar-refractivity contribution >= 4 is 11.4 Å². The van der Waals surface area contributed by atoms with E-state index in [9.17, 15) is 14.5 Å². The highest BCUT2D eigenvalue weighted by Gasteiger charge is 2.11. The van der Waals surface area contributed by atoms with Crippen molar-refractivity contribution in [2.45, 2.75) is 20.4 Å². The van der Waals surface area contributed by atoms with Crippen LogP contribution in [-0.4, -0.2) is 4.92 Å². The van der Waals surface area contributed by atoms with Crippen molar-refractivity contribution in [3.63, 3.8) is 0 Å². The third-order valence-corrected chi connectivity index (χ3v) is 3.22. The molecule has 0 spiro atoms. The molecule has 5 heteroatoms. The summed E-state index contributed by atoms with van der Waals surface area (Å²) in [6.45, 7) is 3.80. The van der Waals surface area contributed by atoms with Crippen molar-refractivity contribution in [3.05, 3.63) is 69.0 Å². The Morgan fingerprint density at radius 1 is 1.25 bits per heavy atom. The van der Waals surface area contributed by atoms with Gasteiger partial charge in [-0.3, -0.25) is 10.1 Å². The van der Waals surface area contributed by atoms with Crippen LogP contribution in [0.4, 0.5) is 15.8 Å². The van der Waals surface area contributed by atoms with E-state index in [0.717, 1.165) is 5.56 Å². The predicted molar refractivity (Wildman–Crippen MR) is 76.3 cm³/mol. The van der Waals surface area contributed by atoms with Gasteiger partial charge in [-0.25, -0.2) is 4.39 Å². The number of rotatable bonds is 4.